The highest BCUT2D eigenvalue weighted by Crippen LogP contribution is 2.35. The number of benzene rings is 2. The third-order valence-corrected chi connectivity index (χ3v) is 8.10. The first-order valence-electron chi connectivity index (χ1n) is 13.2. The minimum Gasteiger partial charge on any atom is -0.492 e. The maximum atomic E-state index is 13.0. The molecule has 0 saturated carbocycles. The molecule has 208 valence electrons. The Bertz CT molecular complexity index is 1430. The van der Waals surface area contributed by atoms with E-state index in [1.807, 2.05) is 25.1 Å². The number of ether oxygens (including phenoxy) is 2. The number of anilines is 6. The molecule has 2 aliphatic heterocycles. The molecule has 0 spiro atoms. The SMILES string of the molecule is CCOc1cc(N2CCOCC2)ccc1Nc1nc2c(c(Nc3ccccc3S(=O)(=O)NC(C)C)n1)CCN2. The Morgan fingerprint density at radius 1 is 1.08 bits per heavy atom. The van der Waals surface area contributed by atoms with Gasteiger partial charge in [-0.15, -0.1) is 0 Å². The van der Waals surface area contributed by atoms with E-state index in [2.05, 4.69) is 30.6 Å². The summed E-state index contributed by atoms with van der Waals surface area (Å²) in [6.07, 6.45) is 0.718. The zero-order valence-electron chi connectivity index (χ0n) is 22.5. The van der Waals surface area contributed by atoms with Gasteiger partial charge in [-0.2, -0.15) is 9.97 Å². The minimum atomic E-state index is -3.72. The van der Waals surface area contributed by atoms with Gasteiger partial charge in [-0.05, 0) is 51.5 Å². The van der Waals surface area contributed by atoms with Crippen LogP contribution in [0, 0.1) is 0 Å². The molecule has 0 bridgehead atoms. The highest BCUT2D eigenvalue weighted by atomic mass is 32.2. The number of nitrogens with one attached hydrogen (secondary N) is 4. The summed E-state index contributed by atoms with van der Waals surface area (Å²) in [5.41, 5.74) is 3.15. The third kappa shape index (κ3) is 6.18. The van der Waals surface area contributed by atoms with Gasteiger partial charge in [-0.1, -0.05) is 12.1 Å². The number of hydrogen-bond donors (Lipinski definition) is 4. The van der Waals surface area contributed by atoms with Gasteiger partial charge in [-0.3, -0.25) is 0 Å². The van der Waals surface area contributed by atoms with Crippen molar-refractivity contribution in [3.63, 3.8) is 0 Å². The molecular weight excluding hydrogens is 518 g/mol. The van der Waals surface area contributed by atoms with Gasteiger partial charge in [0.05, 0.1) is 31.2 Å². The van der Waals surface area contributed by atoms with Gasteiger partial charge >= 0.3 is 0 Å². The minimum absolute atomic E-state index is 0.156. The van der Waals surface area contributed by atoms with Crippen LogP contribution in [0.25, 0.3) is 0 Å². The maximum absolute atomic E-state index is 13.0. The molecule has 1 aromatic heterocycles. The summed E-state index contributed by atoms with van der Waals surface area (Å²) in [4.78, 5) is 11.9. The Labute approximate surface area is 229 Å². The molecule has 0 unspecified atom stereocenters. The predicted molar refractivity (Wildman–Crippen MR) is 153 cm³/mol. The number of rotatable bonds is 10. The van der Waals surface area contributed by atoms with Crippen LogP contribution in [0.3, 0.4) is 0 Å². The molecule has 1 saturated heterocycles. The number of hydrogen-bond acceptors (Lipinski definition) is 10. The van der Waals surface area contributed by atoms with Crippen LogP contribution in [0.1, 0.15) is 26.3 Å². The van der Waals surface area contributed by atoms with E-state index in [0.717, 1.165) is 43.0 Å². The van der Waals surface area contributed by atoms with E-state index in [1.54, 1.807) is 38.1 Å². The molecule has 0 atom stereocenters. The summed E-state index contributed by atoms with van der Waals surface area (Å²) >= 11 is 0. The van der Waals surface area contributed by atoms with Crippen molar-refractivity contribution in [2.24, 2.45) is 0 Å². The second-order valence-corrected chi connectivity index (χ2v) is 11.3. The van der Waals surface area contributed by atoms with Gasteiger partial charge in [0, 0.05) is 43.0 Å². The van der Waals surface area contributed by atoms with Crippen LogP contribution in [0.15, 0.2) is 47.4 Å². The lowest BCUT2D eigenvalue weighted by Gasteiger charge is -2.29. The fourth-order valence-electron chi connectivity index (χ4n) is 4.67. The molecule has 12 heteroatoms. The summed E-state index contributed by atoms with van der Waals surface area (Å²) in [5.74, 6) is 2.32. The van der Waals surface area contributed by atoms with Crippen molar-refractivity contribution in [3.05, 3.63) is 48.0 Å². The van der Waals surface area contributed by atoms with Crippen molar-refractivity contribution in [2.75, 3.05) is 60.3 Å². The number of morpholine rings is 1. The molecule has 39 heavy (non-hydrogen) atoms. The van der Waals surface area contributed by atoms with Gasteiger partial charge in [0.25, 0.3) is 0 Å². The molecule has 0 radical (unpaired) electrons. The number of fused-ring (bicyclic) bond motifs is 1. The second kappa shape index (κ2) is 11.6. The van der Waals surface area contributed by atoms with Crippen molar-refractivity contribution in [1.82, 2.24) is 14.7 Å². The van der Waals surface area contributed by atoms with E-state index in [0.29, 0.717) is 48.8 Å². The smallest absolute Gasteiger partial charge is 0.242 e. The van der Waals surface area contributed by atoms with Crippen molar-refractivity contribution in [1.29, 1.82) is 0 Å². The molecule has 5 rings (SSSR count). The molecule has 3 heterocycles. The Morgan fingerprint density at radius 3 is 2.64 bits per heavy atom. The van der Waals surface area contributed by atoms with Gasteiger partial charge in [0.2, 0.25) is 16.0 Å². The normalized spacial score (nSPS) is 15.1. The van der Waals surface area contributed by atoms with Gasteiger partial charge in [0.15, 0.2) is 0 Å². The Balaban J connectivity index is 1.46. The first-order valence-corrected chi connectivity index (χ1v) is 14.7. The molecule has 0 aliphatic carbocycles. The molecule has 2 aromatic carbocycles. The van der Waals surface area contributed by atoms with Crippen molar-refractivity contribution in [3.8, 4) is 5.75 Å². The molecule has 4 N–H and O–H groups in total. The molecule has 1 fully saturated rings. The van der Waals surface area contributed by atoms with E-state index >= 15 is 0 Å². The summed E-state index contributed by atoms with van der Waals surface area (Å²) in [6.45, 7) is 9.82. The van der Waals surface area contributed by atoms with Crippen LogP contribution in [0.5, 0.6) is 5.75 Å². The van der Waals surface area contributed by atoms with E-state index in [4.69, 9.17) is 14.5 Å². The molecule has 2 aliphatic rings. The Hall–Kier alpha value is -3.61. The number of para-hydroxylation sites is 1. The van der Waals surface area contributed by atoms with E-state index in [9.17, 15) is 8.42 Å². The van der Waals surface area contributed by atoms with E-state index in [1.165, 1.54) is 0 Å². The zero-order valence-corrected chi connectivity index (χ0v) is 23.3. The van der Waals surface area contributed by atoms with Crippen molar-refractivity contribution >= 4 is 44.7 Å². The van der Waals surface area contributed by atoms with Crippen LogP contribution < -0.4 is 30.3 Å². The summed E-state index contributed by atoms with van der Waals surface area (Å²) in [6, 6.07) is 12.6. The fourth-order valence-corrected chi connectivity index (χ4v) is 6.08. The van der Waals surface area contributed by atoms with Gasteiger partial charge in [0.1, 0.15) is 22.3 Å². The average molecular weight is 554 g/mol. The highest BCUT2D eigenvalue weighted by Gasteiger charge is 2.24. The first kappa shape index (κ1) is 27.0. The lowest BCUT2D eigenvalue weighted by atomic mass is 10.2. The number of aromatic nitrogens is 2. The summed E-state index contributed by atoms with van der Waals surface area (Å²) in [7, 11) is -3.72. The Kier molecular flexibility index (Phi) is 8.05. The summed E-state index contributed by atoms with van der Waals surface area (Å²) < 4.78 is 40.1. The maximum Gasteiger partial charge on any atom is 0.242 e. The second-order valence-electron chi connectivity index (χ2n) is 9.63. The first-order chi connectivity index (χ1) is 18.8. The highest BCUT2D eigenvalue weighted by molar-refractivity contribution is 7.89. The predicted octanol–water partition coefficient (Wildman–Crippen LogP) is 3.85. The summed E-state index contributed by atoms with van der Waals surface area (Å²) in [5, 5.41) is 9.89. The monoisotopic (exact) mass is 553 g/mol. The van der Waals surface area contributed by atoms with Crippen LogP contribution in [0.2, 0.25) is 0 Å². The average Bonchev–Trinajstić information content (AvgIpc) is 3.39. The van der Waals surface area contributed by atoms with Gasteiger partial charge < -0.3 is 30.3 Å². The molecule has 0 amide bonds. The zero-order chi connectivity index (χ0) is 27.4. The van der Waals surface area contributed by atoms with Crippen LogP contribution >= 0.6 is 0 Å². The third-order valence-electron chi connectivity index (χ3n) is 6.38. The quantitative estimate of drug-likeness (QED) is 0.294. The molecular formula is C27H35N7O4S. The Morgan fingerprint density at radius 2 is 1.87 bits per heavy atom. The molecule has 11 nitrogen and oxygen atoms in total. The standard InChI is InChI=1S/C27H35N7O4S/c1-4-38-23-17-19(34-13-15-37-16-14-34)9-10-21(23)30-27-31-25-20(11-12-28-25)26(32-27)29-22-7-5-6-8-24(22)39(35,36)33-18(2)3/h5-10,17-18,33H,4,11-16H2,1-3H3,(H3,28,29,30,31,32). The van der Waals surface area contributed by atoms with Crippen LogP contribution in [-0.2, 0) is 21.2 Å². The lowest BCUT2D eigenvalue weighted by molar-refractivity contribution is 0.122. The van der Waals surface area contributed by atoms with Crippen LogP contribution in [0.4, 0.5) is 34.6 Å². The number of sulfonamides is 1. The van der Waals surface area contributed by atoms with Crippen LogP contribution in [-0.4, -0.2) is 63.9 Å². The van der Waals surface area contributed by atoms with Crippen molar-refractivity contribution in [2.45, 2.75) is 38.1 Å². The van der Waals surface area contributed by atoms with Gasteiger partial charge in [-0.25, -0.2) is 13.1 Å². The largest absolute Gasteiger partial charge is 0.492 e. The van der Waals surface area contributed by atoms with E-state index < -0.39 is 10.0 Å². The number of nitrogens with zero attached hydrogens (tertiary/aromatic N) is 3. The molecule has 3 aromatic rings. The van der Waals surface area contributed by atoms with E-state index in [-0.39, 0.29) is 10.9 Å². The topological polar surface area (TPSA) is 130 Å². The van der Waals surface area contributed by atoms with Crippen molar-refractivity contribution < 1.29 is 17.9 Å². The fraction of sp³-hybridized carbons (Fsp3) is 0.407. The lowest BCUT2D eigenvalue weighted by Crippen LogP contribution is -2.36.